The number of amides is 1. The van der Waals surface area contributed by atoms with Gasteiger partial charge in [0.05, 0.1) is 16.5 Å². The van der Waals surface area contributed by atoms with E-state index in [9.17, 15) is 22.7 Å². The highest BCUT2D eigenvalue weighted by Crippen LogP contribution is 2.34. The summed E-state index contributed by atoms with van der Waals surface area (Å²) in [5, 5.41) is 12.2. The summed E-state index contributed by atoms with van der Waals surface area (Å²) in [6, 6.07) is 25.5. The first-order valence-electron chi connectivity index (χ1n) is 14.4. The molecule has 4 aromatic carbocycles. The van der Waals surface area contributed by atoms with Gasteiger partial charge in [0.15, 0.2) is 0 Å². The Kier molecular flexibility index (Phi) is 9.16. The normalized spacial score (nSPS) is 15.7. The zero-order valence-electron chi connectivity index (χ0n) is 25.3. The fraction of sp³-hybridized carbons (Fsp3) is 0.257. The van der Waals surface area contributed by atoms with Gasteiger partial charge in [-0.15, -0.1) is 0 Å². The van der Waals surface area contributed by atoms with Gasteiger partial charge in [-0.05, 0) is 96.8 Å². The van der Waals surface area contributed by atoms with Crippen LogP contribution in [0.5, 0.6) is 0 Å². The topological polar surface area (TPSA) is 107 Å². The van der Waals surface area contributed by atoms with Gasteiger partial charge >= 0.3 is 0 Å². The van der Waals surface area contributed by atoms with Gasteiger partial charge in [-0.3, -0.25) is 9.00 Å². The molecule has 7 nitrogen and oxygen atoms in total. The molecular formula is C35H35N3O4S2. The summed E-state index contributed by atoms with van der Waals surface area (Å²) in [5.41, 5.74) is 7.28. The van der Waals surface area contributed by atoms with Crippen LogP contribution in [0, 0.1) is 32.1 Å². The van der Waals surface area contributed by atoms with E-state index in [0.29, 0.717) is 29.7 Å². The number of carbonyl (C=O) groups is 1. The SMILES string of the molecule is Cc1cc(C)c(S(=O)(=O)N2Cc3ccc(-c4cccc(S(C)=O)c4)cc3CC2C(=O)NCCc2cccc(C#N)c2)c(C)c1. The Bertz CT molecular complexity index is 1910. The van der Waals surface area contributed by atoms with E-state index < -0.39 is 26.9 Å². The number of hydrogen-bond donors (Lipinski definition) is 1. The number of benzene rings is 4. The molecule has 0 fully saturated rings. The lowest BCUT2D eigenvalue weighted by Gasteiger charge is -2.36. The van der Waals surface area contributed by atoms with Crippen LogP contribution in [-0.4, -0.2) is 41.7 Å². The zero-order chi connectivity index (χ0) is 31.6. The van der Waals surface area contributed by atoms with Crippen LogP contribution >= 0.6 is 0 Å². The second kappa shape index (κ2) is 12.9. The first-order chi connectivity index (χ1) is 21.0. The average Bonchev–Trinajstić information content (AvgIpc) is 2.99. The Hall–Kier alpha value is -4.10. The van der Waals surface area contributed by atoms with E-state index in [1.54, 1.807) is 38.3 Å². The van der Waals surface area contributed by atoms with Crippen molar-refractivity contribution in [1.82, 2.24) is 9.62 Å². The van der Waals surface area contributed by atoms with E-state index in [1.807, 2.05) is 67.6 Å². The number of carbonyl (C=O) groups excluding carboxylic acids is 1. The molecular weight excluding hydrogens is 591 g/mol. The van der Waals surface area contributed by atoms with Crippen LogP contribution in [0.25, 0.3) is 11.1 Å². The van der Waals surface area contributed by atoms with E-state index >= 15 is 0 Å². The van der Waals surface area contributed by atoms with E-state index in [0.717, 1.165) is 38.3 Å². The molecule has 0 saturated heterocycles. The maximum Gasteiger partial charge on any atom is 0.244 e. The van der Waals surface area contributed by atoms with Gasteiger partial charge in [-0.25, -0.2) is 8.42 Å². The molecule has 4 aromatic rings. The van der Waals surface area contributed by atoms with Crippen molar-refractivity contribution in [3.05, 3.63) is 118 Å². The van der Waals surface area contributed by atoms with Crippen molar-refractivity contribution < 1.29 is 17.4 Å². The standard InChI is InChI=1S/C35H35N3O4S2/c1-23-15-24(2)34(25(3)16-23)44(41,42)38-22-30-12-11-29(28-9-6-10-32(19-28)43(4)40)18-31(30)20-33(38)35(39)37-14-13-26-7-5-8-27(17-26)21-36/h5-12,15-19,33H,13-14,20,22H2,1-4H3,(H,37,39). The Morgan fingerprint density at radius 2 is 1.66 bits per heavy atom. The number of fused-ring (bicyclic) bond motifs is 1. The van der Waals surface area contributed by atoms with E-state index in [2.05, 4.69) is 11.4 Å². The Labute approximate surface area is 262 Å². The molecule has 2 atom stereocenters. The van der Waals surface area contributed by atoms with Crippen LogP contribution in [0.1, 0.15) is 38.9 Å². The summed E-state index contributed by atoms with van der Waals surface area (Å²) in [4.78, 5) is 14.8. The minimum Gasteiger partial charge on any atom is -0.354 e. The zero-order valence-corrected chi connectivity index (χ0v) is 26.9. The third-order valence-electron chi connectivity index (χ3n) is 8.04. The molecule has 1 aliphatic rings. The monoisotopic (exact) mass is 625 g/mol. The fourth-order valence-electron chi connectivity index (χ4n) is 6.00. The van der Waals surface area contributed by atoms with Crippen LogP contribution in [-0.2, 0) is 45.0 Å². The first kappa shape index (κ1) is 31.3. The van der Waals surface area contributed by atoms with Crippen LogP contribution in [0.2, 0.25) is 0 Å². The lowest BCUT2D eigenvalue weighted by Crippen LogP contribution is -2.52. The minimum atomic E-state index is -4.04. The van der Waals surface area contributed by atoms with Gasteiger partial charge in [-0.1, -0.05) is 60.2 Å². The molecule has 0 saturated carbocycles. The molecule has 1 amide bonds. The van der Waals surface area contributed by atoms with Gasteiger partial charge in [0, 0.05) is 35.0 Å². The molecule has 1 heterocycles. The number of nitriles is 1. The molecule has 0 aromatic heterocycles. The predicted octanol–water partition coefficient (Wildman–Crippen LogP) is 5.36. The summed E-state index contributed by atoms with van der Waals surface area (Å²) in [6.07, 6.45) is 2.36. The van der Waals surface area contributed by atoms with Crippen molar-refractivity contribution in [1.29, 1.82) is 5.26 Å². The third kappa shape index (κ3) is 6.53. The molecule has 1 aliphatic heterocycles. The molecule has 0 aliphatic carbocycles. The Morgan fingerprint density at radius 1 is 0.955 bits per heavy atom. The van der Waals surface area contributed by atoms with Gasteiger partial charge in [0.2, 0.25) is 15.9 Å². The summed E-state index contributed by atoms with van der Waals surface area (Å²) < 4.78 is 42.0. The van der Waals surface area contributed by atoms with Gasteiger partial charge < -0.3 is 5.32 Å². The van der Waals surface area contributed by atoms with E-state index in [-0.39, 0.29) is 23.8 Å². The van der Waals surface area contributed by atoms with Crippen molar-refractivity contribution in [3.8, 4) is 17.2 Å². The smallest absolute Gasteiger partial charge is 0.244 e. The highest BCUT2D eigenvalue weighted by molar-refractivity contribution is 7.89. The second-order valence-corrected chi connectivity index (χ2v) is 14.5. The molecule has 9 heteroatoms. The van der Waals surface area contributed by atoms with Gasteiger partial charge in [0.1, 0.15) is 6.04 Å². The maximum atomic E-state index is 14.3. The summed E-state index contributed by atoms with van der Waals surface area (Å²) in [5.74, 6) is -0.369. The average molecular weight is 626 g/mol. The van der Waals surface area contributed by atoms with Crippen LogP contribution in [0.15, 0.2) is 88.7 Å². The summed E-state index contributed by atoms with van der Waals surface area (Å²) in [7, 11) is -5.17. The molecule has 44 heavy (non-hydrogen) atoms. The lowest BCUT2D eigenvalue weighted by atomic mass is 9.91. The molecule has 226 valence electrons. The van der Waals surface area contributed by atoms with Crippen LogP contribution in [0.3, 0.4) is 0 Å². The lowest BCUT2D eigenvalue weighted by molar-refractivity contribution is -0.125. The predicted molar refractivity (Wildman–Crippen MR) is 173 cm³/mol. The number of rotatable bonds is 8. The molecule has 1 N–H and O–H groups in total. The molecule has 0 radical (unpaired) electrons. The molecule has 0 spiro atoms. The number of hydrogen-bond acceptors (Lipinski definition) is 5. The quantitative estimate of drug-likeness (QED) is 0.284. The number of aryl methyl sites for hydroxylation is 3. The molecule has 5 rings (SSSR count). The highest BCUT2D eigenvalue weighted by Gasteiger charge is 2.40. The highest BCUT2D eigenvalue weighted by atomic mass is 32.2. The van der Waals surface area contributed by atoms with Gasteiger partial charge in [0.25, 0.3) is 0 Å². The van der Waals surface area contributed by atoms with Crippen LogP contribution in [0.4, 0.5) is 0 Å². The summed E-state index contributed by atoms with van der Waals surface area (Å²) in [6.45, 7) is 5.87. The van der Waals surface area contributed by atoms with Crippen molar-refractivity contribution >= 4 is 26.7 Å². The molecule has 2 unspecified atom stereocenters. The fourth-order valence-corrected chi connectivity index (χ4v) is 8.55. The first-order valence-corrected chi connectivity index (χ1v) is 17.4. The number of nitrogens with zero attached hydrogens (tertiary/aromatic N) is 2. The Morgan fingerprint density at radius 3 is 2.36 bits per heavy atom. The minimum absolute atomic E-state index is 0.0615. The number of sulfonamides is 1. The third-order valence-corrected chi connectivity index (χ3v) is 11.1. The van der Waals surface area contributed by atoms with Crippen molar-refractivity contribution in [2.45, 2.75) is 56.0 Å². The van der Waals surface area contributed by atoms with Crippen molar-refractivity contribution in [2.75, 3.05) is 12.8 Å². The largest absolute Gasteiger partial charge is 0.354 e. The van der Waals surface area contributed by atoms with Crippen molar-refractivity contribution in [2.24, 2.45) is 0 Å². The second-order valence-electron chi connectivity index (χ2n) is 11.3. The van der Waals surface area contributed by atoms with E-state index in [1.165, 1.54) is 4.31 Å². The van der Waals surface area contributed by atoms with Crippen LogP contribution < -0.4 is 5.32 Å². The molecule has 0 bridgehead atoms. The van der Waals surface area contributed by atoms with E-state index in [4.69, 9.17) is 0 Å². The van der Waals surface area contributed by atoms with Gasteiger partial charge in [-0.2, -0.15) is 9.57 Å². The Balaban J connectivity index is 1.49. The maximum absolute atomic E-state index is 14.3. The summed E-state index contributed by atoms with van der Waals surface area (Å²) >= 11 is 0. The number of nitrogens with one attached hydrogen (secondary N) is 1. The van der Waals surface area contributed by atoms with Crippen molar-refractivity contribution in [3.63, 3.8) is 0 Å².